The number of hydrogen-bond acceptors (Lipinski definition) is 5. The molecular formula is C12H17N3O4S. The normalized spacial score (nSPS) is 15.2. The predicted molar refractivity (Wildman–Crippen MR) is 71.4 cm³/mol. The maximum absolute atomic E-state index is 12.1. The van der Waals surface area contributed by atoms with Gasteiger partial charge in [-0.1, -0.05) is 0 Å². The van der Waals surface area contributed by atoms with Crippen LogP contribution in [-0.2, 0) is 22.7 Å². The fourth-order valence-corrected chi connectivity index (χ4v) is 2.81. The first-order chi connectivity index (χ1) is 9.22. The van der Waals surface area contributed by atoms with E-state index < -0.39 is 15.6 Å². The minimum Gasteiger partial charge on any atom is -0.466 e. The molecule has 2 aromatic rings. The lowest BCUT2D eigenvalue weighted by Crippen LogP contribution is -2.38. The van der Waals surface area contributed by atoms with Gasteiger partial charge in [-0.2, -0.15) is 0 Å². The van der Waals surface area contributed by atoms with Crippen LogP contribution in [0.1, 0.15) is 18.5 Å². The molecule has 0 aliphatic rings. The lowest BCUT2D eigenvalue weighted by Gasteiger charge is -2.20. The topological polar surface area (TPSA) is 97.4 Å². The number of rotatable bonds is 5. The molecule has 0 aliphatic carbocycles. The van der Waals surface area contributed by atoms with Crippen molar-refractivity contribution in [1.29, 1.82) is 0 Å². The molecule has 0 radical (unpaired) electrons. The molecular weight excluding hydrogens is 282 g/mol. The third kappa shape index (κ3) is 2.92. The highest BCUT2D eigenvalue weighted by atomic mass is 32.2. The van der Waals surface area contributed by atoms with E-state index in [1.54, 1.807) is 30.7 Å². The lowest BCUT2D eigenvalue weighted by atomic mass is 10.1. The van der Waals surface area contributed by atoms with Crippen molar-refractivity contribution in [3.05, 3.63) is 36.2 Å². The van der Waals surface area contributed by atoms with Crippen LogP contribution < -0.4 is 4.72 Å². The average Bonchev–Trinajstić information content (AvgIpc) is 2.99. The minimum atomic E-state index is -3.77. The van der Waals surface area contributed by atoms with Crippen molar-refractivity contribution in [3.8, 4) is 0 Å². The van der Waals surface area contributed by atoms with Crippen LogP contribution in [0.4, 0.5) is 0 Å². The highest BCUT2D eigenvalue weighted by Crippen LogP contribution is 2.20. The number of aryl methyl sites for hydroxylation is 2. The summed E-state index contributed by atoms with van der Waals surface area (Å²) in [5, 5.41) is 10.1. The summed E-state index contributed by atoms with van der Waals surface area (Å²) in [5.74, 6) is 0.876. The zero-order valence-electron chi connectivity index (χ0n) is 11.5. The zero-order valence-corrected chi connectivity index (χ0v) is 12.3. The van der Waals surface area contributed by atoms with E-state index in [2.05, 4.69) is 9.71 Å². The van der Waals surface area contributed by atoms with Crippen molar-refractivity contribution in [3.63, 3.8) is 0 Å². The second-order valence-corrected chi connectivity index (χ2v) is 6.53. The number of furan rings is 1. The average molecular weight is 299 g/mol. The summed E-state index contributed by atoms with van der Waals surface area (Å²) in [4.78, 5) is 3.95. The van der Waals surface area contributed by atoms with Gasteiger partial charge in [0, 0.05) is 19.8 Å². The highest BCUT2D eigenvalue weighted by molar-refractivity contribution is 7.89. The van der Waals surface area contributed by atoms with Gasteiger partial charge in [0.2, 0.25) is 0 Å². The van der Waals surface area contributed by atoms with Crippen LogP contribution in [0, 0.1) is 6.92 Å². The molecule has 0 fully saturated rings. The summed E-state index contributed by atoms with van der Waals surface area (Å²) < 4.78 is 33.2. The molecule has 0 aromatic carbocycles. The molecule has 8 heteroatoms. The van der Waals surface area contributed by atoms with Crippen molar-refractivity contribution in [2.24, 2.45) is 7.05 Å². The summed E-state index contributed by atoms with van der Waals surface area (Å²) in [5.41, 5.74) is -1.43. The van der Waals surface area contributed by atoms with E-state index in [4.69, 9.17) is 4.42 Å². The molecule has 2 heterocycles. The molecule has 1 atom stereocenters. The summed E-state index contributed by atoms with van der Waals surface area (Å²) in [6, 6.07) is 3.21. The van der Waals surface area contributed by atoms with Crippen LogP contribution in [-0.4, -0.2) is 29.6 Å². The largest absolute Gasteiger partial charge is 0.466 e. The molecule has 2 aromatic heterocycles. The number of nitrogens with zero attached hydrogens (tertiary/aromatic N) is 2. The van der Waals surface area contributed by atoms with Gasteiger partial charge < -0.3 is 14.1 Å². The summed E-state index contributed by atoms with van der Waals surface area (Å²) in [6.07, 6.45) is 2.83. The molecule has 7 nitrogen and oxygen atoms in total. The fourth-order valence-electron chi connectivity index (χ4n) is 1.64. The number of aliphatic hydroxyl groups is 1. The molecule has 0 unspecified atom stereocenters. The highest BCUT2D eigenvalue weighted by Gasteiger charge is 2.29. The smallest absolute Gasteiger partial charge is 0.259 e. The van der Waals surface area contributed by atoms with E-state index in [0.717, 1.165) is 0 Å². The molecule has 0 saturated heterocycles. The van der Waals surface area contributed by atoms with Gasteiger partial charge in [-0.05, 0) is 26.0 Å². The summed E-state index contributed by atoms with van der Waals surface area (Å²) in [7, 11) is -2.06. The van der Waals surface area contributed by atoms with Gasteiger partial charge in [0.1, 0.15) is 17.2 Å². The zero-order chi connectivity index (χ0) is 15.0. The quantitative estimate of drug-likeness (QED) is 0.838. The van der Waals surface area contributed by atoms with Gasteiger partial charge in [-0.3, -0.25) is 0 Å². The van der Waals surface area contributed by atoms with E-state index in [9.17, 15) is 13.5 Å². The summed E-state index contributed by atoms with van der Waals surface area (Å²) >= 11 is 0. The first-order valence-corrected chi connectivity index (χ1v) is 7.47. The van der Waals surface area contributed by atoms with Gasteiger partial charge in [0.15, 0.2) is 5.03 Å². The Kier molecular flexibility index (Phi) is 3.72. The predicted octanol–water partition coefficient (Wildman–Crippen LogP) is 0.508. The Morgan fingerprint density at radius 3 is 2.75 bits per heavy atom. The van der Waals surface area contributed by atoms with Crippen LogP contribution in [0.5, 0.6) is 0 Å². The number of hydrogen-bond donors (Lipinski definition) is 2. The number of sulfonamides is 1. The number of imidazole rings is 1. The third-order valence-electron chi connectivity index (χ3n) is 3.02. The van der Waals surface area contributed by atoms with E-state index >= 15 is 0 Å². The maximum Gasteiger partial charge on any atom is 0.259 e. The Hall–Kier alpha value is -1.64. The van der Waals surface area contributed by atoms with Crippen LogP contribution in [0.15, 0.2) is 34.0 Å². The second-order valence-electron chi connectivity index (χ2n) is 4.81. The molecule has 110 valence electrons. The van der Waals surface area contributed by atoms with Gasteiger partial charge >= 0.3 is 0 Å². The Balaban J connectivity index is 2.14. The van der Waals surface area contributed by atoms with E-state index in [1.807, 2.05) is 0 Å². The van der Waals surface area contributed by atoms with E-state index in [-0.39, 0.29) is 17.3 Å². The van der Waals surface area contributed by atoms with Crippen molar-refractivity contribution in [2.75, 3.05) is 6.54 Å². The van der Waals surface area contributed by atoms with E-state index in [0.29, 0.717) is 5.82 Å². The van der Waals surface area contributed by atoms with Gasteiger partial charge in [-0.25, -0.2) is 18.1 Å². The fraction of sp³-hybridized carbons (Fsp3) is 0.417. The lowest BCUT2D eigenvalue weighted by molar-refractivity contribution is 0.0395. The molecule has 0 spiro atoms. The van der Waals surface area contributed by atoms with Crippen molar-refractivity contribution in [1.82, 2.24) is 14.3 Å². The van der Waals surface area contributed by atoms with Crippen LogP contribution in [0.3, 0.4) is 0 Å². The molecule has 0 saturated carbocycles. The standard InChI is InChI=1S/C12H17N3O4S/c1-9-14-11(7-15(9)3)20(17,18)13-8-12(2,16)10-5-4-6-19-10/h4-7,13,16H,8H2,1-3H3/t12-/m1/s1. The second kappa shape index (κ2) is 5.04. The molecule has 0 amide bonds. The van der Waals surface area contributed by atoms with Crippen LogP contribution in [0.2, 0.25) is 0 Å². The first-order valence-electron chi connectivity index (χ1n) is 5.98. The SMILES string of the molecule is Cc1nc(S(=O)(=O)NC[C@@](C)(O)c2ccco2)cn1C. The molecule has 0 aliphatic heterocycles. The Morgan fingerprint density at radius 1 is 1.55 bits per heavy atom. The Labute approximate surface area is 117 Å². The van der Waals surface area contributed by atoms with Crippen molar-refractivity contribution >= 4 is 10.0 Å². The minimum absolute atomic E-state index is 0.0762. The molecule has 2 N–H and O–H groups in total. The van der Waals surface area contributed by atoms with Crippen LogP contribution in [0.25, 0.3) is 0 Å². The van der Waals surface area contributed by atoms with Crippen LogP contribution >= 0.6 is 0 Å². The summed E-state index contributed by atoms with van der Waals surface area (Å²) in [6.45, 7) is 2.97. The molecule has 0 bridgehead atoms. The Morgan fingerprint density at radius 2 is 2.25 bits per heavy atom. The van der Waals surface area contributed by atoms with Gasteiger partial charge in [0.25, 0.3) is 10.0 Å². The van der Waals surface area contributed by atoms with E-state index in [1.165, 1.54) is 19.4 Å². The van der Waals surface area contributed by atoms with Gasteiger partial charge in [-0.15, -0.1) is 0 Å². The number of aromatic nitrogens is 2. The van der Waals surface area contributed by atoms with Gasteiger partial charge in [0.05, 0.1) is 6.26 Å². The number of nitrogens with one attached hydrogen (secondary N) is 1. The molecule has 2 rings (SSSR count). The Bertz CT molecular complexity index is 667. The third-order valence-corrected chi connectivity index (χ3v) is 4.29. The first kappa shape index (κ1) is 14.8. The van der Waals surface area contributed by atoms with Crippen molar-refractivity contribution < 1.29 is 17.9 Å². The van der Waals surface area contributed by atoms with Crippen molar-refractivity contribution in [2.45, 2.75) is 24.5 Å². The monoisotopic (exact) mass is 299 g/mol. The molecule has 20 heavy (non-hydrogen) atoms. The maximum atomic E-state index is 12.1.